The molecule has 0 spiro atoms. The zero-order chi connectivity index (χ0) is 25.3. The lowest BCUT2D eigenvalue weighted by atomic mass is 10.0. The third-order valence-corrected chi connectivity index (χ3v) is 6.63. The van der Waals surface area contributed by atoms with Crippen LogP contribution in [0.3, 0.4) is 0 Å². The van der Waals surface area contributed by atoms with Crippen molar-refractivity contribution < 1.29 is 28.6 Å². The van der Waals surface area contributed by atoms with Crippen molar-refractivity contribution in [3.05, 3.63) is 69.7 Å². The maximum atomic E-state index is 13.5. The van der Waals surface area contributed by atoms with Gasteiger partial charge in [-0.05, 0) is 63.5 Å². The summed E-state index contributed by atoms with van der Waals surface area (Å²) in [5.74, 6) is -1.24. The number of aromatic nitrogens is 1. The van der Waals surface area contributed by atoms with E-state index in [9.17, 15) is 14.4 Å². The zero-order valence-corrected chi connectivity index (χ0v) is 20.7. The molecule has 35 heavy (non-hydrogen) atoms. The fourth-order valence-electron chi connectivity index (χ4n) is 4.85. The first kappa shape index (κ1) is 24.5. The van der Waals surface area contributed by atoms with E-state index in [0.717, 1.165) is 29.8 Å². The van der Waals surface area contributed by atoms with Crippen LogP contribution in [-0.2, 0) is 23.8 Å². The molecule has 0 aliphatic carbocycles. The Morgan fingerprint density at radius 3 is 2.49 bits per heavy atom. The minimum Gasteiger partial charge on any atom is -0.465 e. The van der Waals surface area contributed by atoms with E-state index in [1.54, 1.807) is 30.0 Å². The second kappa shape index (κ2) is 9.92. The van der Waals surface area contributed by atoms with Crippen LogP contribution < -0.4 is 0 Å². The molecule has 3 heterocycles. The SMILES string of the molecule is COC(=O)C1=C(C)N(CC2CCCO2)C(=O)C1=Cc1cc(C)n(-c2ccccc2C(=O)OC)c1C. The second-order valence-corrected chi connectivity index (χ2v) is 8.73. The predicted octanol–water partition coefficient (Wildman–Crippen LogP) is 3.73. The largest absolute Gasteiger partial charge is 0.465 e. The number of hydrogen-bond acceptors (Lipinski definition) is 6. The van der Waals surface area contributed by atoms with Gasteiger partial charge in [-0.3, -0.25) is 4.79 Å². The molecular weight excluding hydrogens is 448 g/mol. The summed E-state index contributed by atoms with van der Waals surface area (Å²) in [6.45, 7) is 6.67. The Labute approximate surface area is 204 Å². The van der Waals surface area contributed by atoms with Crippen LogP contribution in [0, 0.1) is 13.8 Å². The summed E-state index contributed by atoms with van der Waals surface area (Å²) in [7, 11) is 2.66. The minimum atomic E-state index is -0.554. The van der Waals surface area contributed by atoms with E-state index in [-0.39, 0.29) is 23.2 Å². The van der Waals surface area contributed by atoms with Gasteiger partial charge in [-0.25, -0.2) is 9.59 Å². The zero-order valence-electron chi connectivity index (χ0n) is 20.7. The number of hydrogen-bond donors (Lipinski definition) is 0. The normalized spacial score (nSPS) is 19.1. The van der Waals surface area contributed by atoms with Crippen LogP contribution in [0.25, 0.3) is 11.8 Å². The van der Waals surface area contributed by atoms with Gasteiger partial charge in [-0.2, -0.15) is 0 Å². The maximum Gasteiger partial charge on any atom is 0.340 e. The monoisotopic (exact) mass is 478 g/mol. The van der Waals surface area contributed by atoms with Gasteiger partial charge in [0.2, 0.25) is 0 Å². The van der Waals surface area contributed by atoms with E-state index >= 15 is 0 Å². The van der Waals surface area contributed by atoms with Crippen LogP contribution in [0.2, 0.25) is 0 Å². The molecule has 0 saturated carbocycles. The predicted molar refractivity (Wildman–Crippen MR) is 130 cm³/mol. The molecule has 184 valence electrons. The third-order valence-electron chi connectivity index (χ3n) is 6.63. The third kappa shape index (κ3) is 4.41. The summed E-state index contributed by atoms with van der Waals surface area (Å²) in [6, 6.07) is 9.11. The molecule has 0 radical (unpaired) electrons. The summed E-state index contributed by atoms with van der Waals surface area (Å²) in [5, 5.41) is 0. The smallest absolute Gasteiger partial charge is 0.340 e. The number of carbonyl (C=O) groups excluding carboxylic acids is 3. The van der Waals surface area contributed by atoms with Gasteiger partial charge in [-0.15, -0.1) is 0 Å². The molecule has 1 atom stereocenters. The number of allylic oxidation sites excluding steroid dienone is 1. The number of methoxy groups -OCH3 is 2. The minimum absolute atomic E-state index is 0.0490. The number of rotatable bonds is 6. The molecule has 1 amide bonds. The topological polar surface area (TPSA) is 87.1 Å². The first-order valence-corrected chi connectivity index (χ1v) is 11.6. The molecule has 1 aromatic heterocycles. The number of benzene rings is 1. The van der Waals surface area contributed by atoms with Crippen molar-refractivity contribution in [1.82, 2.24) is 9.47 Å². The Kier molecular flexibility index (Phi) is 6.93. The first-order valence-electron chi connectivity index (χ1n) is 11.6. The lowest BCUT2D eigenvalue weighted by Gasteiger charge is -2.21. The van der Waals surface area contributed by atoms with Crippen LogP contribution in [0.4, 0.5) is 0 Å². The van der Waals surface area contributed by atoms with Gasteiger partial charge in [-0.1, -0.05) is 12.1 Å². The fourth-order valence-corrected chi connectivity index (χ4v) is 4.85. The molecule has 1 fully saturated rings. The van der Waals surface area contributed by atoms with Crippen molar-refractivity contribution in [2.24, 2.45) is 0 Å². The van der Waals surface area contributed by atoms with Gasteiger partial charge in [0.05, 0.1) is 49.3 Å². The van der Waals surface area contributed by atoms with Crippen LogP contribution in [0.15, 0.2) is 47.2 Å². The lowest BCUT2D eigenvalue weighted by molar-refractivity contribution is -0.136. The van der Waals surface area contributed by atoms with Gasteiger partial charge >= 0.3 is 11.9 Å². The van der Waals surface area contributed by atoms with Gasteiger partial charge < -0.3 is 23.7 Å². The van der Waals surface area contributed by atoms with Crippen LogP contribution in [-0.4, -0.2) is 60.8 Å². The summed E-state index contributed by atoms with van der Waals surface area (Å²) in [5.41, 5.74) is 4.67. The first-order chi connectivity index (χ1) is 16.8. The van der Waals surface area contributed by atoms with Crippen molar-refractivity contribution in [2.75, 3.05) is 27.4 Å². The molecular formula is C27H30N2O6. The Morgan fingerprint density at radius 2 is 1.83 bits per heavy atom. The average Bonchev–Trinajstić information content (AvgIpc) is 3.53. The van der Waals surface area contributed by atoms with E-state index in [2.05, 4.69) is 0 Å². The molecule has 0 bridgehead atoms. The molecule has 2 aliphatic heterocycles. The van der Waals surface area contributed by atoms with E-state index in [0.29, 0.717) is 30.1 Å². The second-order valence-electron chi connectivity index (χ2n) is 8.73. The molecule has 8 nitrogen and oxygen atoms in total. The number of nitrogens with zero attached hydrogens (tertiary/aromatic N) is 2. The molecule has 1 unspecified atom stereocenters. The quantitative estimate of drug-likeness (QED) is 0.465. The average molecular weight is 479 g/mol. The summed E-state index contributed by atoms with van der Waals surface area (Å²) < 4.78 is 17.6. The van der Waals surface area contributed by atoms with Crippen LogP contribution in [0.1, 0.15) is 47.1 Å². The number of esters is 2. The van der Waals surface area contributed by atoms with Crippen molar-refractivity contribution >= 4 is 23.9 Å². The number of amides is 1. The fraction of sp³-hybridized carbons (Fsp3) is 0.370. The highest BCUT2D eigenvalue weighted by Crippen LogP contribution is 2.34. The molecule has 1 saturated heterocycles. The van der Waals surface area contributed by atoms with E-state index in [1.165, 1.54) is 14.2 Å². The molecule has 2 aromatic rings. The van der Waals surface area contributed by atoms with Crippen molar-refractivity contribution in [2.45, 2.75) is 39.7 Å². The van der Waals surface area contributed by atoms with Crippen molar-refractivity contribution in [3.63, 3.8) is 0 Å². The summed E-state index contributed by atoms with van der Waals surface area (Å²) >= 11 is 0. The standard InChI is InChI=1S/C27H30N2O6/c1-16-13-19(17(2)29(16)23-11-7-6-10-21(23)26(31)33-4)14-22-24(27(32)34-5)18(3)28(25(22)30)15-20-9-8-12-35-20/h6-7,10-11,13-14,20H,8-9,12,15H2,1-5H3. The summed E-state index contributed by atoms with van der Waals surface area (Å²) in [4.78, 5) is 40.1. The van der Waals surface area contributed by atoms with E-state index in [1.807, 2.05) is 36.6 Å². The molecule has 4 rings (SSSR count). The Balaban J connectivity index is 1.78. The molecule has 0 N–H and O–H groups in total. The number of para-hydroxylation sites is 1. The highest BCUT2D eigenvalue weighted by atomic mass is 16.5. The van der Waals surface area contributed by atoms with E-state index in [4.69, 9.17) is 14.2 Å². The van der Waals surface area contributed by atoms with Gasteiger partial charge in [0.15, 0.2) is 0 Å². The summed E-state index contributed by atoms with van der Waals surface area (Å²) in [6.07, 6.45) is 3.52. The molecule has 8 heteroatoms. The van der Waals surface area contributed by atoms with Gasteiger partial charge in [0.25, 0.3) is 5.91 Å². The van der Waals surface area contributed by atoms with Gasteiger partial charge in [0.1, 0.15) is 0 Å². The lowest BCUT2D eigenvalue weighted by Crippen LogP contribution is -2.33. The molecule has 1 aromatic carbocycles. The number of aryl methyl sites for hydroxylation is 1. The van der Waals surface area contributed by atoms with Crippen molar-refractivity contribution in [3.8, 4) is 5.69 Å². The number of ether oxygens (including phenoxy) is 3. The van der Waals surface area contributed by atoms with Crippen LogP contribution in [0.5, 0.6) is 0 Å². The van der Waals surface area contributed by atoms with Gasteiger partial charge in [0, 0.05) is 23.7 Å². The number of carbonyl (C=O) groups is 3. The Morgan fingerprint density at radius 1 is 1.11 bits per heavy atom. The molecule has 2 aliphatic rings. The van der Waals surface area contributed by atoms with Crippen LogP contribution >= 0.6 is 0 Å². The highest BCUT2D eigenvalue weighted by molar-refractivity contribution is 6.16. The highest BCUT2D eigenvalue weighted by Gasteiger charge is 2.38. The van der Waals surface area contributed by atoms with E-state index < -0.39 is 11.9 Å². The van der Waals surface area contributed by atoms with Crippen molar-refractivity contribution in [1.29, 1.82) is 0 Å². The Hall–Kier alpha value is -3.65. The maximum absolute atomic E-state index is 13.5. The Bertz CT molecular complexity index is 1250.